The lowest BCUT2D eigenvalue weighted by molar-refractivity contribution is 0.0995. The van der Waals surface area contributed by atoms with Crippen LogP contribution in [0.2, 0.25) is 0 Å². The number of rotatable bonds is 8. The normalized spacial score (nSPS) is 10.9. The van der Waals surface area contributed by atoms with Crippen molar-refractivity contribution in [1.29, 1.82) is 0 Å². The number of ketones is 1. The highest BCUT2D eigenvalue weighted by Crippen LogP contribution is 2.32. The van der Waals surface area contributed by atoms with Gasteiger partial charge < -0.3 is 5.32 Å². The molecule has 1 N–H and O–H groups in total. The van der Waals surface area contributed by atoms with Gasteiger partial charge in [0.2, 0.25) is 0 Å². The first kappa shape index (κ1) is 13.8. The van der Waals surface area contributed by atoms with Crippen LogP contribution in [0.1, 0.15) is 23.5 Å². The van der Waals surface area contributed by atoms with E-state index in [0.29, 0.717) is 6.54 Å². The summed E-state index contributed by atoms with van der Waals surface area (Å²) in [6.07, 6.45) is 3.83. The van der Waals surface area contributed by atoms with Gasteiger partial charge in [0, 0.05) is 0 Å². The highest BCUT2D eigenvalue weighted by molar-refractivity contribution is 7.57. The maximum Gasteiger partial charge on any atom is 0.186 e. The molecule has 0 saturated heterocycles. The van der Waals surface area contributed by atoms with Crippen LogP contribution in [0.25, 0.3) is 0 Å². The molecular weight excluding hydrogens is 237 g/mol. The Labute approximate surface area is 103 Å². The van der Waals surface area contributed by atoms with E-state index in [9.17, 15) is 4.79 Å². The minimum Gasteiger partial charge on any atom is -0.309 e. The molecule has 0 atom stereocenters. The Morgan fingerprint density at radius 3 is 2.75 bits per heavy atom. The molecule has 0 saturated carbocycles. The van der Waals surface area contributed by atoms with Gasteiger partial charge >= 0.3 is 0 Å². The van der Waals surface area contributed by atoms with Crippen molar-refractivity contribution in [2.24, 2.45) is 0 Å². The highest BCUT2D eigenvalue weighted by Gasteiger charge is 2.06. The first-order valence-electron chi connectivity index (χ1n) is 5.77. The molecule has 0 aliphatic heterocycles. The lowest BCUT2D eigenvalue weighted by atomic mass is 10.3. The lowest BCUT2D eigenvalue weighted by Crippen LogP contribution is -2.25. The Kier molecular flexibility index (Phi) is 6.86. The smallest absolute Gasteiger partial charge is 0.186 e. The first-order chi connectivity index (χ1) is 7.77. The van der Waals surface area contributed by atoms with E-state index in [1.807, 2.05) is 17.5 Å². The second-order valence-corrected chi connectivity index (χ2v) is 7.61. The van der Waals surface area contributed by atoms with E-state index in [1.165, 1.54) is 29.8 Å². The minimum absolute atomic E-state index is 0.197. The van der Waals surface area contributed by atoms with Crippen LogP contribution in [-0.2, 0) is 0 Å². The van der Waals surface area contributed by atoms with E-state index in [4.69, 9.17) is 0 Å². The van der Waals surface area contributed by atoms with Crippen molar-refractivity contribution in [3.05, 3.63) is 22.4 Å². The van der Waals surface area contributed by atoms with E-state index >= 15 is 0 Å². The van der Waals surface area contributed by atoms with E-state index in [-0.39, 0.29) is 13.7 Å². The van der Waals surface area contributed by atoms with Gasteiger partial charge in [-0.2, -0.15) is 0 Å². The van der Waals surface area contributed by atoms with Crippen LogP contribution in [0.15, 0.2) is 17.5 Å². The van der Waals surface area contributed by atoms with Gasteiger partial charge in [-0.1, -0.05) is 19.9 Å². The predicted octanol–water partition coefficient (Wildman–Crippen LogP) is 3.04. The molecule has 1 aromatic rings. The lowest BCUT2D eigenvalue weighted by Gasteiger charge is -2.12. The molecule has 0 aliphatic carbocycles. The van der Waals surface area contributed by atoms with Crippen LogP contribution in [0.4, 0.5) is 0 Å². The SMILES string of the molecule is CCP(CC)CCNCC(=O)c1cccs1. The van der Waals surface area contributed by atoms with Crippen molar-refractivity contribution in [2.75, 3.05) is 31.6 Å². The van der Waals surface area contributed by atoms with E-state index < -0.39 is 0 Å². The summed E-state index contributed by atoms with van der Waals surface area (Å²) in [4.78, 5) is 12.5. The molecule has 0 aliphatic rings. The number of hydrogen-bond donors (Lipinski definition) is 1. The van der Waals surface area contributed by atoms with Crippen molar-refractivity contribution >= 4 is 25.0 Å². The predicted molar refractivity (Wildman–Crippen MR) is 74.4 cm³/mol. The summed E-state index contributed by atoms with van der Waals surface area (Å²) >= 11 is 1.52. The van der Waals surface area contributed by atoms with Crippen molar-refractivity contribution in [3.8, 4) is 0 Å². The van der Waals surface area contributed by atoms with Gasteiger partial charge in [0.05, 0.1) is 11.4 Å². The third-order valence-electron chi connectivity index (χ3n) is 2.58. The largest absolute Gasteiger partial charge is 0.309 e. The molecule has 90 valence electrons. The fourth-order valence-electron chi connectivity index (χ4n) is 1.50. The molecule has 2 nitrogen and oxygen atoms in total. The molecule has 1 aromatic heterocycles. The number of Topliss-reactive ketones (excluding diaryl/α,β-unsaturated/α-hetero) is 1. The van der Waals surface area contributed by atoms with Crippen LogP contribution in [0, 0.1) is 0 Å². The fourth-order valence-corrected chi connectivity index (χ4v) is 3.72. The molecule has 1 heterocycles. The van der Waals surface area contributed by atoms with Crippen molar-refractivity contribution in [2.45, 2.75) is 13.8 Å². The number of thiophene rings is 1. The molecule has 0 fully saturated rings. The molecular formula is C12H20NOPS. The standard InChI is InChI=1S/C12H20NOPS/c1-3-15(4-2)8-7-13-10-11(14)12-6-5-9-16-12/h5-6,9,13H,3-4,7-8,10H2,1-2H3. The maximum atomic E-state index is 11.6. The Bertz CT molecular complexity index is 296. The van der Waals surface area contributed by atoms with Crippen LogP contribution >= 0.6 is 19.3 Å². The van der Waals surface area contributed by atoms with Crippen molar-refractivity contribution < 1.29 is 4.79 Å². The Morgan fingerprint density at radius 2 is 2.19 bits per heavy atom. The Morgan fingerprint density at radius 1 is 1.44 bits per heavy atom. The van der Waals surface area contributed by atoms with Crippen LogP contribution in [0.3, 0.4) is 0 Å². The summed E-state index contributed by atoms with van der Waals surface area (Å²) < 4.78 is 0. The molecule has 0 bridgehead atoms. The first-order valence-corrected chi connectivity index (χ1v) is 8.55. The van der Waals surface area contributed by atoms with Gasteiger partial charge in [-0.15, -0.1) is 19.3 Å². The topological polar surface area (TPSA) is 29.1 Å². The average molecular weight is 257 g/mol. The van der Waals surface area contributed by atoms with Gasteiger partial charge in [0.1, 0.15) is 0 Å². The number of carbonyl (C=O) groups is 1. The summed E-state index contributed by atoms with van der Waals surface area (Å²) in [5.41, 5.74) is 0. The quantitative estimate of drug-likeness (QED) is 0.440. The van der Waals surface area contributed by atoms with Gasteiger partial charge in [-0.3, -0.25) is 4.79 Å². The van der Waals surface area contributed by atoms with Crippen LogP contribution < -0.4 is 5.32 Å². The third kappa shape index (κ3) is 4.73. The van der Waals surface area contributed by atoms with Gasteiger partial charge in [-0.05, 0) is 36.5 Å². The summed E-state index contributed by atoms with van der Waals surface area (Å²) in [5.74, 6) is 0.215. The van der Waals surface area contributed by atoms with Gasteiger partial charge in [-0.25, -0.2) is 0 Å². The number of carbonyl (C=O) groups excluding carboxylic acids is 1. The zero-order valence-corrected chi connectivity index (χ0v) is 11.7. The fraction of sp³-hybridized carbons (Fsp3) is 0.583. The molecule has 0 amide bonds. The minimum atomic E-state index is 0.197. The molecule has 1 rings (SSSR count). The van der Waals surface area contributed by atoms with Crippen LogP contribution in [-0.4, -0.2) is 37.4 Å². The number of nitrogens with one attached hydrogen (secondary N) is 1. The molecule has 4 heteroatoms. The van der Waals surface area contributed by atoms with E-state index in [1.54, 1.807) is 0 Å². The summed E-state index contributed by atoms with van der Waals surface area (Å²) in [6.45, 7) is 5.97. The second kappa shape index (κ2) is 7.94. The third-order valence-corrected chi connectivity index (χ3v) is 6.14. The van der Waals surface area contributed by atoms with Gasteiger partial charge in [0.25, 0.3) is 0 Å². The molecule has 0 aromatic carbocycles. The zero-order valence-electron chi connectivity index (χ0n) is 10.0. The zero-order chi connectivity index (χ0) is 11.8. The van der Waals surface area contributed by atoms with Crippen molar-refractivity contribution in [1.82, 2.24) is 5.32 Å². The van der Waals surface area contributed by atoms with E-state index in [2.05, 4.69) is 19.2 Å². The molecule has 0 spiro atoms. The van der Waals surface area contributed by atoms with Gasteiger partial charge in [0.15, 0.2) is 5.78 Å². The number of hydrogen-bond acceptors (Lipinski definition) is 3. The Balaban J connectivity index is 2.14. The molecule has 0 radical (unpaired) electrons. The van der Waals surface area contributed by atoms with E-state index in [0.717, 1.165) is 11.4 Å². The monoisotopic (exact) mass is 257 g/mol. The molecule has 16 heavy (non-hydrogen) atoms. The van der Waals surface area contributed by atoms with Crippen LogP contribution in [0.5, 0.6) is 0 Å². The summed E-state index contributed by atoms with van der Waals surface area (Å²) in [7, 11) is 0.197. The Hall–Kier alpha value is -0.240. The highest BCUT2D eigenvalue weighted by atomic mass is 32.1. The maximum absolute atomic E-state index is 11.6. The average Bonchev–Trinajstić information content (AvgIpc) is 2.82. The van der Waals surface area contributed by atoms with Crippen molar-refractivity contribution in [3.63, 3.8) is 0 Å². The summed E-state index contributed by atoms with van der Waals surface area (Å²) in [6, 6.07) is 3.81. The second-order valence-electron chi connectivity index (χ2n) is 3.60. The summed E-state index contributed by atoms with van der Waals surface area (Å²) in [5, 5.41) is 5.19. The molecule has 0 unspecified atom stereocenters.